The van der Waals surface area contributed by atoms with Crippen LogP contribution in [0.4, 0.5) is 20.2 Å². The summed E-state index contributed by atoms with van der Waals surface area (Å²) in [5, 5.41) is 12.7. The lowest BCUT2D eigenvalue weighted by Gasteiger charge is -2.40. The van der Waals surface area contributed by atoms with Gasteiger partial charge in [0.15, 0.2) is 5.82 Å². The van der Waals surface area contributed by atoms with Gasteiger partial charge in [-0.25, -0.2) is 13.5 Å². The smallest absolute Gasteiger partial charge is 0.173 e. The fourth-order valence-corrected chi connectivity index (χ4v) is 4.69. The molecule has 3 aromatic carbocycles. The van der Waals surface area contributed by atoms with Gasteiger partial charge in [-0.3, -0.25) is 4.90 Å². The van der Waals surface area contributed by atoms with Gasteiger partial charge in [0.1, 0.15) is 11.6 Å². The van der Waals surface area contributed by atoms with Crippen LogP contribution in [0.15, 0.2) is 72.8 Å². The van der Waals surface area contributed by atoms with E-state index in [1.165, 1.54) is 18.2 Å². The number of benzene rings is 3. The molecule has 5 rings (SSSR count). The lowest BCUT2D eigenvalue weighted by Crippen LogP contribution is -2.48. The molecular weight excluding hydrogens is 460 g/mol. The number of nitrogens with zero attached hydrogens (tertiary/aromatic N) is 7. The predicted molar refractivity (Wildman–Crippen MR) is 136 cm³/mol. The Labute approximate surface area is 209 Å². The summed E-state index contributed by atoms with van der Waals surface area (Å²) in [5.74, 6) is 0.239. The number of hydrogen-bond acceptors (Lipinski definition) is 6. The van der Waals surface area contributed by atoms with Gasteiger partial charge in [0.25, 0.3) is 0 Å². The number of hydrogen-bond donors (Lipinski definition) is 0. The largest absolute Gasteiger partial charge is 0.378 e. The number of aromatic nitrogens is 4. The molecule has 0 saturated carbocycles. The second-order valence-electron chi connectivity index (χ2n) is 9.18. The Morgan fingerprint density at radius 3 is 2.22 bits per heavy atom. The van der Waals surface area contributed by atoms with E-state index < -0.39 is 0 Å². The molecule has 0 N–H and O–H groups in total. The Balaban J connectivity index is 1.44. The molecule has 186 valence electrons. The van der Waals surface area contributed by atoms with Gasteiger partial charge in [-0.2, -0.15) is 0 Å². The highest BCUT2D eigenvalue weighted by Gasteiger charge is 2.31. The van der Waals surface area contributed by atoms with Crippen LogP contribution in [0.3, 0.4) is 0 Å². The van der Waals surface area contributed by atoms with Crippen LogP contribution in [0.25, 0.3) is 0 Å². The summed E-state index contributed by atoms with van der Waals surface area (Å²) in [6, 6.07) is 21.5. The zero-order valence-electron chi connectivity index (χ0n) is 20.4. The summed E-state index contributed by atoms with van der Waals surface area (Å²) in [5.41, 5.74) is 3.73. The molecule has 2 heterocycles. The van der Waals surface area contributed by atoms with Crippen LogP contribution in [0.2, 0.25) is 0 Å². The van der Waals surface area contributed by atoms with E-state index in [1.807, 2.05) is 26.2 Å². The van der Waals surface area contributed by atoms with Gasteiger partial charge in [-0.05, 0) is 58.0 Å². The Kier molecular flexibility index (Phi) is 6.90. The quantitative estimate of drug-likeness (QED) is 0.392. The topological polar surface area (TPSA) is 53.3 Å². The van der Waals surface area contributed by atoms with Gasteiger partial charge in [0, 0.05) is 46.0 Å². The molecule has 0 bridgehead atoms. The van der Waals surface area contributed by atoms with Crippen LogP contribution in [0.1, 0.15) is 23.0 Å². The predicted octanol–water partition coefficient (Wildman–Crippen LogP) is 3.98. The van der Waals surface area contributed by atoms with E-state index in [9.17, 15) is 8.78 Å². The second-order valence-corrected chi connectivity index (χ2v) is 9.18. The van der Waals surface area contributed by atoms with Crippen LogP contribution in [-0.4, -0.2) is 65.4 Å². The molecule has 1 unspecified atom stereocenters. The SMILES string of the molecule is CN(C)c1ccc(C(c2nnnn2Cc2ccc(F)cc2)N2CCN(c3ccccc3F)CC2)cc1. The maximum absolute atomic E-state index is 14.4. The summed E-state index contributed by atoms with van der Waals surface area (Å²) in [7, 11) is 4.02. The molecular formula is C27H29F2N7. The van der Waals surface area contributed by atoms with Crippen molar-refractivity contribution in [3.63, 3.8) is 0 Å². The van der Waals surface area contributed by atoms with Crippen LogP contribution >= 0.6 is 0 Å². The highest BCUT2D eigenvalue weighted by atomic mass is 19.1. The molecule has 9 heteroatoms. The molecule has 1 fully saturated rings. The molecule has 1 aliphatic rings. The molecule has 4 aromatic rings. The van der Waals surface area contributed by atoms with Crippen molar-refractivity contribution >= 4 is 11.4 Å². The fraction of sp³-hybridized carbons (Fsp3) is 0.296. The minimum Gasteiger partial charge on any atom is -0.378 e. The first kappa shape index (κ1) is 23.9. The third-order valence-electron chi connectivity index (χ3n) is 6.65. The Hall–Kier alpha value is -3.85. The number of tetrazole rings is 1. The van der Waals surface area contributed by atoms with Crippen molar-refractivity contribution in [2.24, 2.45) is 0 Å². The molecule has 1 saturated heterocycles. The molecule has 1 aromatic heterocycles. The van der Waals surface area contributed by atoms with E-state index in [4.69, 9.17) is 0 Å². The highest BCUT2D eigenvalue weighted by molar-refractivity contribution is 5.49. The van der Waals surface area contributed by atoms with Gasteiger partial charge < -0.3 is 9.80 Å². The molecule has 0 aliphatic carbocycles. The molecule has 0 radical (unpaired) electrons. The van der Waals surface area contributed by atoms with Gasteiger partial charge in [0.2, 0.25) is 0 Å². The van der Waals surface area contributed by atoms with E-state index in [2.05, 4.69) is 54.5 Å². The van der Waals surface area contributed by atoms with Crippen molar-refractivity contribution in [1.29, 1.82) is 0 Å². The lowest BCUT2D eigenvalue weighted by atomic mass is 10.0. The average molecular weight is 490 g/mol. The van der Waals surface area contributed by atoms with E-state index >= 15 is 0 Å². The summed E-state index contributed by atoms with van der Waals surface area (Å²) >= 11 is 0. The monoisotopic (exact) mass is 489 g/mol. The molecule has 1 atom stereocenters. The number of halogens is 2. The van der Waals surface area contributed by atoms with Crippen molar-refractivity contribution in [2.45, 2.75) is 12.6 Å². The van der Waals surface area contributed by atoms with E-state index in [0.29, 0.717) is 25.3 Å². The van der Waals surface area contributed by atoms with Crippen molar-refractivity contribution in [1.82, 2.24) is 25.1 Å². The normalized spacial score (nSPS) is 15.2. The van der Waals surface area contributed by atoms with Crippen LogP contribution in [0.5, 0.6) is 0 Å². The first-order valence-electron chi connectivity index (χ1n) is 12.0. The molecule has 0 spiro atoms. The van der Waals surface area contributed by atoms with Crippen LogP contribution in [0, 0.1) is 11.6 Å². The second kappa shape index (κ2) is 10.4. The molecule has 36 heavy (non-hydrogen) atoms. The van der Waals surface area contributed by atoms with Crippen molar-refractivity contribution in [3.8, 4) is 0 Å². The molecule has 1 aliphatic heterocycles. The van der Waals surface area contributed by atoms with E-state index in [1.54, 1.807) is 22.9 Å². The Morgan fingerprint density at radius 1 is 0.861 bits per heavy atom. The van der Waals surface area contributed by atoms with Gasteiger partial charge in [-0.1, -0.05) is 36.4 Å². The minimum absolute atomic E-state index is 0.181. The first-order chi connectivity index (χ1) is 17.5. The van der Waals surface area contributed by atoms with Gasteiger partial charge in [-0.15, -0.1) is 5.10 Å². The third kappa shape index (κ3) is 5.06. The zero-order chi connectivity index (χ0) is 25.1. The van der Waals surface area contributed by atoms with Gasteiger partial charge >= 0.3 is 0 Å². The molecule has 7 nitrogen and oxygen atoms in total. The number of piperazine rings is 1. The zero-order valence-corrected chi connectivity index (χ0v) is 20.4. The third-order valence-corrected chi connectivity index (χ3v) is 6.65. The van der Waals surface area contributed by atoms with Crippen molar-refractivity contribution in [3.05, 3.63) is 101 Å². The van der Waals surface area contributed by atoms with Crippen LogP contribution in [-0.2, 0) is 6.54 Å². The van der Waals surface area contributed by atoms with E-state index in [0.717, 1.165) is 35.7 Å². The summed E-state index contributed by atoms with van der Waals surface area (Å²) in [6.45, 7) is 3.25. The average Bonchev–Trinajstić information content (AvgIpc) is 3.34. The maximum atomic E-state index is 14.4. The fourth-order valence-electron chi connectivity index (χ4n) is 4.69. The number of para-hydroxylation sites is 1. The molecule has 0 amide bonds. The Morgan fingerprint density at radius 2 is 1.56 bits per heavy atom. The number of rotatable bonds is 7. The van der Waals surface area contributed by atoms with Crippen LogP contribution < -0.4 is 9.80 Å². The maximum Gasteiger partial charge on any atom is 0.173 e. The van der Waals surface area contributed by atoms with Crippen molar-refractivity contribution < 1.29 is 8.78 Å². The standard InChI is InChI=1S/C27H29F2N7/c1-33(2)23-13-9-21(10-14-23)26(27-30-31-32-36(27)19-20-7-11-22(28)12-8-20)35-17-15-34(16-18-35)25-6-4-3-5-24(25)29/h3-14,26H,15-19H2,1-2H3. The van der Waals surface area contributed by atoms with Gasteiger partial charge in [0.05, 0.1) is 18.3 Å². The van der Waals surface area contributed by atoms with Crippen molar-refractivity contribution in [2.75, 3.05) is 50.1 Å². The summed E-state index contributed by atoms with van der Waals surface area (Å²) in [6.07, 6.45) is 0. The Bertz CT molecular complexity index is 1280. The lowest BCUT2D eigenvalue weighted by molar-refractivity contribution is 0.201. The number of anilines is 2. The summed E-state index contributed by atoms with van der Waals surface area (Å²) < 4.78 is 29.6. The highest BCUT2D eigenvalue weighted by Crippen LogP contribution is 2.31. The van der Waals surface area contributed by atoms with E-state index in [-0.39, 0.29) is 17.7 Å². The first-order valence-corrected chi connectivity index (χ1v) is 12.0. The summed E-state index contributed by atoms with van der Waals surface area (Å²) in [4.78, 5) is 6.49. The minimum atomic E-state index is -0.276.